The van der Waals surface area contributed by atoms with Gasteiger partial charge in [0.05, 0.1) is 11.8 Å². The molecule has 2 atom stereocenters. The number of likely N-dealkylation sites (tertiary alicyclic amines) is 2. The number of piperidine rings is 1. The van der Waals surface area contributed by atoms with Crippen LogP contribution >= 0.6 is 0 Å². The van der Waals surface area contributed by atoms with Gasteiger partial charge in [-0.3, -0.25) is 24.5 Å². The van der Waals surface area contributed by atoms with Crippen LogP contribution in [0.3, 0.4) is 0 Å². The molecule has 2 aromatic rings. The Bertz CT molecular complexity index is 865. The first-order chi connectivity index (χ1) is 17.0. The molecule has 35 heavy (non-hydrogen) atoms. The number of carboxylic acid groups (broad SMARTS) is 2. The van der Waals surface area contributed by atoms with Crippen molar-refractivity contribution in [3.8, 4) is 5.75 Å². The number of benzene rings is 1. The highest BCUT2D eigenvalue weighted by Gasteiger charge is 2.31. The average Bonchev–Trinajstić information content (AvgIpc) is 3.40. The van der Waals surface area contributed by atoms with Crippen LogP contribution in [0.25, 0.3) is 0 Å². The molecular weight excluding hydrogens is 452 g/mol. The summed E-state index contributed by atoms with van der Waals surface area (Å²) in [5.74, 6) is 1.18. The summed E-state index contributed by atoms with van der Waals surface area (Å²) in [6.07, 6.45) is 4.53. The van der Waals surface area contributed by atoms with Crippen molar-refractivity contribution in [1.29, 1.82) is 0 Å². The zero-order valence-electron chi connectivity index (χ0n) is 20.4. The minimum absolute atomic E-state index is 0.238. The molecule has 2 saturated heterocycles. The number of carbonyl (C=O) groups is 2. The average molecular weight is 491 g/mol. The van der Waals surface area contributed by atoms with Crippen molar-refractivity contribution in [2.45, 2.75) is 45.3 Å². The molecule has 10 heteroatoms. The summed E-state index contributed by atoms with van der Waals surface area (Å²) in [4.78, 5) is 21.6. The Morgan fingerprint density at radius 3 is 2.46 bits per heavy atom. The molecule has 4 rings (SSSR count). The number of ether oxygens (including phenoxy) is 1. The van der Waals surface area contributed by atoms with Crippen LogP contribution in [0.1, 0.15) is 36.2 Å². The summed E-state index contributed by atoms with van der Waals surface area (Å²) in [5.41, 5.74) is 3.35. The second kappa shape index (κ2) is 15.9. The van der Waals surface area contributed by atoms with E-state index in [1.807, 2.05) is 13.0 Å². The highest BCUT2D eigenvalue weighted by atomic mass is 16.5. The lowest BCUT2D eigenvalue weighted by Crippen LogP contribution is -2.33. The van der Waals surface area contributed by atoms with E-state index in [1.54, 1.807) is 0 Å². The van der Waals surface area contributed by atoms with Gasteiger partial charge >= 0.3 is 0 Å². The van der Waals surface area contributed by atoms with Crippen LogP contribution in [-0.2, 0) is 22.6 Å². The van der Waals surface area contributed by atoms with Gasteiger partial charge in [0, 0.05) is 37.8 Å². The minimum Gasteiger partial charge on any atom is -0.492 e. The second-order valence-corrected chi connectivity index (χ2v) is 8.88. The number of aromatic nitrogens is 2. The van der Waals surface area contributed by atoms with Crippen LogP contribution in [0, 0.1) is 12.8 Å². The molecule has 194 valence electrons. The van der Waals surface area contributed by atoms with E-state index in [-0.39, 0.29) is 25.0 Å². The van der Waals surface area contributed by atoms with E-state index in [0.29, 0.717) is 6.54 Å². The Kier molecular flexibility index (Phi) is 12.8. The van der Waals surface area contributed by atoms with Gasteiger partial charge in [0.25, 0.3) is 12.9 Å². The largest absolute Gasteiger partial charge is 0.492 e. The molecule has 3 heterocycles. The molecule has 2 aliphatic rings. The van der Waals surface area contributed by atoms with E-state index in [2.05, 4.69) is 44.3 Å². The van der Waals surface area contributed by atoms with Crippen LogP contribution in [0.2, 0.25) is 0 Å². The summed E-state index contributed by atoms with van der Waals surface area (Å²) < 4.78 is 6.02. The SMILES string of the molecule is Cc1cc(C[C@@H]2CN(Cc3cccc(OCCN4CCCCC4)c3)C[C@H]2O)n[nH]1.O=CO.O=CO. The Morgan fingerprint density at radius 1 is 1.09 bits per heavy atom. The molecule has 0 aliphatic carbocycles. The van der Waals surface area contributed by atoms with E-state index in [4.69, 9.17) is 24.5 Å². The van der Waals surface area contributed by atoms with Gasteiger partial charge in [0.15, 0.2) is 0 Å². The molecule has 2 aliphatic heterocycles. The van der Waals surface area contributed by atoms with E-state index in [0.717, 1.165) is 49.8 Å². The Balaban J connectivity index is 0.000000655. The first kappa shape index (κ1) is 28.3. The molecule has 0 unspecified atom stereocenters. The maximum absolute atomic E-state index is 10.5. The Labute approximate surface area is 206 Å². The van der Waals surface area contributed by atoms with Crippen LogP contribution in [0.4, 0.5) is 0 Å². The van der Waals surface area contributed by atoms with Crippen molar-refractivity contribution in [2.75, 3.05) is 39.3 Å². The molecule has 0 amide bonds. The summed E-state index contributed by atoms with van der Waals surface area (Å²) in [6, 6.07) is 10.5. The number of hydrogen-bond acceptors (Lipinski definition) is 7. The fourth-order valence-corrected chi connectivity index (χ4v) is 4.59. The number of aliphatic hydroxyl groups excluding tert-OH is 1. The van der Waals surface area contributed by atoms with Crippen LogP contribution < -0.4 is 4.74 Å². The number of nitrogens with zero attached hydrogens (tertiary/aromatic N) is 3. The fraction of sp³-hybridized carbons (Fsp3) is 0.560. The van der Waals surface area contributed by atoms with Gasteiger partial charge in [-0.2, -0.15) is 5.10 Å². The van der Waals surface area contributed by atoms with Crippen LogP contribution in [-0.4, -0.2) is 93.7 Å². The number of aromatic amines is 1. The van der Waals surface area contributed by atoms with Gasteiger partial charge in [-0.05, 0) is 63.0 Å². The Hall–Kier alpha value is -2.95. The number of H-pyrrole nitrogens is 1. The smallest absolute Gasteiger partial charge is 0.290 e. The van der Waals surface area contributed by atoms with E-state index < -0.39 is 0 Å². The van der Waals surface area contributed by atoms with E-state index in [9.17, 15) is 5.11 Å². The van der Waals surface area contributed by atoms with Gasteiger partial charge < -0.3 is 20.1 Å². The molecule has 4 N–H and O–H groups in total. The van der Waals surface area contributed by atoms with Crippen molar-refractivity contribution in [3.05, 3.63) is 47.3 Å². The van der Waals surface area contributed by atoms with Crippen molar-refractivity contribution in [2.24, 2.45) is 5.92 Å². The number of β-amino-alcohol motifs (C(OH)–C–C–N with tert-alkyl or cyclic N) is 1. The molecule has 1 aromatic carbocycles. The van der Waals surface area contributed by atoms with E-state index >= 15 is 0 Å². The van der Waals surface area contributed by atoms with Gasteiger partial charge in [0.2, 0.25) is 0 Å². The first-order valence-electron chi connectivity index (χ1n) is 12.0. The fourth-order valence-electron chi connectivity index (χ4n) is 4.59. The third kappa shape index (κ3) is 10.5. The molecule has 1 aromatic heterocycles. The number of aliphatic hydroxyl groups is 1. The maximum atomic E-state index is 10.5. The number of nitrogens with one attached hydrogen (secondary N) is 1. The van der Waals surface area contributed by atoms with Crippen molar-refractivity contribution < 1.29 is 29.6 Å². The van der Waals surface area contributed by atoms with Gasteiger partial charge in [-0.15, -0.1) is 0 Å². The molecule has 0 spiro atoms. The minimum atomic E-state index is -0.295. The standard InChI is InChI=1S/C23H34N4O2.2CH2O2/c1-18-12-21(25-24-18)14-20-16-27(17-23(20)28)15-19-6-5-7-22(13-19)29-11-10-26-8-3-2-4-9-26;2*2-1-3/h5-7,12-13,20,23,28H,2-4,8-11,14-17H2,1H3,(H,24,25);2*1H,(H,2,3)/t20-,23-;;/m1../s1. The zero-order valence-corrected chi connectivity index (χ0v) is 20.4. The van der Waals surface area contributed by atoms with E-state index in [1.165, 1.54) is 37.9 Å². The second-order valence-electron chi connectivity index (χ2n) is 8.88. The van der Waals surface area contributed by atoms with Crippen molar-refractivity contribution in [3.63, 3.8) is 0 Å². The molecule has 10 nitrogen and oxygen atoms in total. The lowest BCUT2D eigenvalue weighted by Gasteiger charge is -2.26. The van der Waals surface area contributed by atoms with Crippen molar-refractivity contribution in [1.82, 2.24) is 20.0 Å². The Morgan fingerprint density at radius 2 is 1.80 bits per heavy atom. The molecule has 0 bridgehead atoms. The quantitative estimate of drug-likeness (QED) is 0.409. The molecule has 2 fully saturated rings. The third-order valence-electron chi connectivity index (χ3n) is 6.14. The topological polar surface area (TPSA) is 139 Å². The van der Waals surface area contributed by atoms with Gasteiger partial charge in [-0.1, -0.05) is 18.6 Å². The monoisotopic (exact) mass is 490 g/mol. The normalized spacial score (nSPS) is 20.2. The number of rotatable bonds is 8. The maximum Gasteiger partial charge on any atom is 0.290 e. The third-order valence-corrected chi connectivity index (χ3v) is 6.14. The summed E-state index contributed by atoms with van der Waals surface area (Å²) >= 11 is 0. The summed E-state index contributed by atoms with van der Waals surface area (Å²) in [5, 5.41) is 31.6. The zero-order chi connectivity index (χ0) is 25.5. The molecular formula is C25H38N4O6. The van der Waals surface area contributed by atoms with Gasteiger partial charge in [-0.25, -0.2) is 0 Å². The van der Waals surface area contributed by atoms with Gasteiger partial charge in [0.1, 0.15) is 12.4 Å². The lowest BCUT2D eigenvalue weighted by atomic mass is 10.0. The number of hydrogen-bond donors (Lipinski definition) is 4. The highest BCUT2D eigenvalue weighted by Crippen LogP contribution is 2.24. The van der Waals surface area contributed by atoms with Crippen LogP contribution in [0.5, 0.6) is 5.75 Å². The predicted molar refractivity (Wildman–Crippen MR) is 131 cm³/mol. The lowest BCUT2D eigenvalue weighted by molar-refractivity contribution is -0.123. The predicted octanol–water partition coefficient (Wildman–Crippen LogP) is 2.02. The summed E-state index contributed by atoms with van der Waals surface area (Å²) in [7, 11) is 0. The first-order valence-corrected chi connectivity index (χ1v) is 12.0. The molecule has 0 radical (unpaired) electrons. The highest BCUT2D eigenvalue weighted by molar-refractivity contribution is 5.33. The molecule has 0 saturated carbocycles. The number of aryl methyl sites for hydroxylation is 1. The van der Waals surface area contributed by atoms with Crippen molar-refractivity contribution >= 4 is 12.9 Å². The summed E-state index contributed by atoms with van der Waals surface area (Å²) in [6.45, 7) is 8.14. The van der Waals surface area contributed by atoms with Crippen LogP contribution in [0.15, 0.2) is 30.3 Å².